The number of imidazole rings is 1. The number of hydrogen-bond donors (Lipinski definition) is 1. The minimum atomic E-state index is -3.65. The molecule has 0 fully saturated rings. The van der Waals surface area contributed by atoms with Crippen molar-refractivity contribution in [2.24, 2.45) is 0 Å². The highest BCUT2D eigenvalue weighted by atomic mass is 35.5. The molecule has 5 nitrogen and oxygen atoms in total. The number of benzene rings is 3. The average Bonchev–Trinajstić information content (AvgIpc) is 3.11. The summed E-state index contributed by atoms with van der Waals surface area (Å²) in [5.74, 6) is 1.08. The number of nitrogens with one attached hydrogen (secondary N) is 1. The second kappa shape index (κ2) is 9.12. The molecule has 0 saturated heterocycles. The quantitative estimate of drug-likeness (QED) is 0.373. The van der Waals surface area contributed by atoms with Crippen molar-refractivity contribution in [3.8, 4) is 0 Å². The second-order valence-electron chi connectivity index (χ2n) is 7.42. The SMILES string of the molecule is CCCn1c(CCc2ccc(NS(=O)(=O)c3ccc(Cl)cc3)cc2)nc2ccccc21. The minimum absolute atomic E-state index is 0.177. The fourth-order valence-corrected chi connectivity index (χ4v) is 4.80. The van der Waals surface area contributed by atoms with Crippen LogP contribution < -0.4 is 4.72 Å². The monoisotopic (exact) mass is 453 g/mol. The molecule has 4 aromatic rings. The number of anilines is 1. The number of rotatable bonds is 8. The Hall–Kier alpha value is -2.83. The maximum Gasteiger partial charge on any atom is 0.261 e. The van der Waals surface area contributed by atoms with Crippen molar-refractivity contribution < 1.29 is 8.42 Å². The summed E-state index contributed by atoms with van der Waals surface area (Å²) >= 11 is 5.84. The van der Waals surface area contributed by atoms with Crippen molar-refractivity contribution in [2.45, 2.75) is 37.6 Å². The van der Waals surface area contributed by atoms with Crippen molar-refractivity contribution in [2.75, 3.05) is 4.72 Å². The molecule has 1 aromatic heterocycles. The Morgan fingerprint density at radius 1 is 0.935 bits per heavy atom. The second-order valence-corrected chi connectivity index (χ2v) is 9.54. The first-order valence-corrected chi connectivity index (χ1v) is 12.1. The molecule has 0 bridgehead atoms. The van der Waals surface area contributed by atoms with Gasteiger partial charge in [0.25, 0.3) is 10.0 Å². The van der Waals surface area contributed by atoms with Crippen molar-refractivity contribution >= 4 is 38.3 Å². The molecule has 1 N–H and O–H groups in total. The van der Waals surface area contributed by atoms with E-state index in [1.54, 1.807) is 24.3 Å². The Labute approximate surface area is 187 Å². The molecule has 0 atom stereocenters. The summed E-state index contributed by atoms with van der Waals surface area (Å²) in [6.45, 7) is 3.11. The number of aryl methyl sites for hydroxylation is 3. The first-order chi connectivity index (χ1) is 15.0. The standard InChI is InChI=1S/C24H24ClN3O2S/c1-2-17-28-23-6-4-3-5-22(23)26-24(28)16-9-18-7-12-20(13-8-18)27-31(29,30)21-14-10-19(25)11-15-21/h3-8,10-15,27H,2,9,16-17H2,1H3. The number of hydrogen-bond acceptors (Lipinski definition) is 3. The Morgan fingerprint density at radius 2 is 1.65 bits per heavy atom. The van der Waals surface area contributed by atoms with Crippen molar-refractivity contribution in [1.82, 2.24) is 9.55 Å². The highest BCUT2D eigenvalue weighted by molar-refractivity contribution is 7.92. The first kappa shape index (κ1) is 21.4. The number of para-hydroxylation sites is 2. The van der Waals surface area contributed by atoms with Crippen LogP contribution in [0.25, 0.3) is 11.0 Å². The molecule has 160 valence electrons. The Morgan fingerprint density at radius 3 is 2.35 bits per heavy atom. The zero-order valence-corrected chi connectivity index (χ0v) is 18.8. The highest BCUT2D eigenvalue weighted by Gasteiger charge is 2.14. The van der Waals surface area contributed by atoms with E-state index in [-0.39, 0.29) is 4.90 Å². The lowest BCUT2D eigenvalue weighted by molar-refractivity contribution is 0.601. The fourth-order valence-electron chi connectivity index (χ4n) is 3.61. The minimum Gasteiger partial charge on any atom is -0.328 e. The van der Waals surface area contributed by atoms with Gasteiger partial charge in [0.15, 0.2) is 0 Å². The van der Waals surface area contributed by atoms with E-state index in [0.717, 1.165) is 42.7 Å². The van der Waals surface area contributed by atoms with Gasteiger partial charge >= 0.3 is 0 Å². The molecule has 0 amide bonds. The molecule has 3 aromatic carbocycles. The lowest BCUT2D eigenvalue weighted by atomic mass is 10.1. The van der Waals surface area contributed by atoms with Gasteiger partial charge in [-0.1, -0.05) is 42.8 Å². The number of halogens is 1. The normalized spacial score (nSPS) is 11.7. The first-order valence-electron chi connectivity index (χ1n) is 10.3. The summed E-state index contributed by atoms with van der Waals surface area (Å²) in [5, 5.41) is 0.496. The van der Waals surface area contributed by atoms with E-state index < -0.39 is 10.0 Å². The average molecular weight is 454 g/mol. The van der Waals surface area contributed by atoms with Crippen LogP contribution in [0, 0.1) is 0 Å². The van der Waals surface area contributed by atoms with Gasteiger partial charge < -0.3 is 4.57 Å². The molecule has 0 aliphatic carbocycles. The molecule has 31 heavy (non-hydrogen) atoms. The topological polar surface area (TPSA) is 64.0 Å². The molecule has 0 radical (unpaired) electrons. The third-order valence-electron chi connectivity index (χ3n) is 5.15. The maximum atomic E-state index is 12.5. The van der Waals surface area contributed by atoms with Crippen LogP contribution in [-0.2, 0) is 29.4 Å². The zero-order chi connectivity index (χ0) is 21.8. The van der Waals surface area contributed by atoms with Crippen LogP contribution in [0.3, 0.4) is 0 Å². The van der Waals surface area contributed by atoms with Crippen molar-refractivity contribution in [3.63, 3.8) is 0 Å². The van der Waals surface area contributed by atoms with Gasteiger partial charge in [0.1, 0.15) is 5.82 Å². The highest BCUT2D eigenvalue weighted by Crippen LogP contribution is 2.21. The van der Waals surface area contributed by atoms with Crippen molar-refractivity contribution in [3.05, 3.63) is 89.2 Å². The molecule has 4 rings (SSSR count). The maximum absolute atomic E-state index is 12.5. The van der Waals surface area contributed by atoms with Crippen LogP contribution in [0.2, 0.25) is 5.02 Å². The predicted molar refractivity (Wildman–Crippen MR) is 126 cm³/mol. The molecule has 0 aliphatic heterocycles. The number of nitrogens with zero attached hydrogens (tertiary/aromatic N) is 2. The van der Waals surface area contributed by atoms with Gasteiger partial charge in [0.05, 0.1) is 15.9 Å². The third kappa shape index (κ3) is 4.92. The van der Waals surface area contributed by atoms with E-state index in [0.29, 0.717) is 10.7 Å². The molecular formula is C24H24ClN3O2S. The van der Waals surface area contributed by atoms with Crippen molar-refractivity contribution in [1.29, 1.82) is 0 Å². The van der Waals surface area contributed by atoms with E-state index in [4.69, 9.17) is 16.6 Å². The fraction of sp³-hybridized carbons (Fsp3) is 0.208. The lowest BCUT2D eigenvalue weighted by Gasteiger charge is -2.10. The summed E-state index contributed by atoms with van der Waals surface area (Å²) in [7, 11) is -3.65. The van der Waals surface area contributed by atoms with Gasteiger partial charge in [-0.3, -0.25) is 4.72 Å². The molecular weight excluding hydrogens is 430 g/mol. The van der Waals surface area contributed by atoms with Gasteiger partial charge in [0.2, 0.25) is 0 Å². The molecule has 0 saturated carbocycles. The van der Waals surface area contributed by atoms with Gasteiger partial charge in [-0.15, -0.1) is 0 Å². The lowest BCUT2D eigenvalue weighted by Crippen LogP contribution is -2.12. The van der Waals surface area contributed by atoms with Gasteiger partial charge in [-0.25, -0.2) is 13.4 Å². The van der Waals surface area contributed by atoms with Crippen LogP contribution >= 0.6 is 11.6 Å². The van der Waals surface area contributed by atoms with Crippen LogP contribution in [0.5, 0.6) is 0 Å². The third-order valence-corrected chi connectivity index (χ3v) is 6.80. The van der Waals surface area contributed by atoms with Gasteiger partial charge in [-0.2, -0.15) is 0 Å². The predicted octanol–water partition coefficient (Wildman–Crippen LogP) is 5.69. The molecule has 0 spiro atoms. The summed E-state index contributed by atoms with van der Waals surface area (Å²) in [6, 6.07) is 21.8. The number of sulfonamides is 1. The van der Waals surface area contributed by atoms with Crippen LogP contribution in [-0.4, -0.2) is 18.0 Å². The summed E-state index contributed by atoms with van der Waals surface area (Å²) in [5.41, 5.74) is 3.85. The van der Waals surface area contributed by atoms with Gasteiger partial charge in [-0.05, 0) is 66.9 Å². The van der Waals surface area contributed by atoms with E-state index in [1.165, 1.54) is 17.6 Å². The summed E-state index contributed by atoms with van der Waals surface area (Å²) in [6.07, 6.45) is 2.71. The molecule has 0 aliphatic rings. The Balaban J connectivity index is 1.45. The zero-order valence-electron chi connectivity index (χ0n) is 17.3. The van der Waals surface area contributed by atoms with Crippen LogP contribution in [0.4, 0.5) is 5.69 Å². The summed E-state index contributed by atoms with van der Waals surface area (Å²) in [4.78, 5) is 4.99. The molecule has 1 heterocycles. The smallest absolute Gasteiger partial charge is 0.261 e. The van der Waals surface area contributed by atoms with E-state index in [9.17, 15) is 8.42 Å². The van der Waals surface area contributed by atoms with E-state index in [2.05, 4.69) is 22.3 Å². The van der Waals surface area contributed by atoms with Crippen LogP contribution in [0.1, 0.15) is 24.7 Å². The largest absolute Gasteiger partial charge is 0.328 e. The van der Waals surface area contributed by atoms with Gasteiger partial charge in [0, 0.05) is 23.7 Å². The summed E-state index contributed by atoms with van der Waals surface area (Å²) < 4.78 is 30.0. The number of aromatic nitrogens is 2. The van der Waals surface area contributed by atoms with E-state index >= 15 is 0 Å². The molecule has 0 unspecified atom stereocenters. The number of fused-ring (bicyclic) bond motifs is 1. The molecule has 7 heteroatoms. The van der Waals surface area contributed by atoms with Crippen LogP contribution in [0.15, 0.2) is 77.7 Å². The Kier molecular flexibility index (Phi) is 6.30. The van der Waals surface area contributed by atoms with E-state index in [1.807, 2.05) is 30.3 Å². The Bertz CT molecular complexity index is 1280.